The Morgan fingerprint density at radius 1 is 1.48 bits per heavy atom. The van der Waals surface area contributed by atoms with Gasteiger partial charge in [0.2, 0.25) is 10.0 Å². The van der Waals surface area contributed by atoms with Gasteiger partial charge in [-0.25, -0.2) is 17.7 Å². The SMILES string of the molecule is CCCS(=O)(=O)N1CCC(Nc2ncccc2C#N)CC1. The summed E-state index contributed by atoms with van der Waals surface area (Å²) in [5.74, 6) is 0.791. The molecule has 114 valence electrons. The van der Waals surface area contributed by atoms with E-state index in [1.54, 1.807) is 22.6 Å². The molecule has 1 aliphatic heterocycles. The summed E-state index contributed by atoms with van der Waals surface area (Å²) in [5.41, 5.74) is 0.513. The van der Waals surface area contributed by atoms with E-state index in [0.717, 1.165) is 12.8 Å². The van der Waals surface area contributed by atoms with Gasteiger partial charge in [0.15, 0.2) is 0 Å². The summed E-state index contributed by atoms with van der Waals surface area (Å²) in [5, 5.41) is 12.3. The average Bonchev–Trinajstić information content (AvgIpc) is 2.48. The first-order valence-electron chi connectivity index (χ1n) is 7.16. The van der Waals surface area contributed by atoms with Crippen LogP contribution < -0.4 is 5.32 Å². The fraction of sp³-hybridized carbons (Fsp3) is 0.571. The molecule has 2 heterocycles. The molecule has 0 radical (unpaired) electrons. The Morgan fingerprint density at radius 2 is 2.19 bits per heavy atom. The van der Waals surface area contributed by atoms with Crippen molar-refractivity contribution in [3.63, 3.8) is 0 Å². The molecule has 0 spiro atoms. The summed E-state index contributed by atoms with van der Waals surface area (Å²) < 4.78 is 25.6. The van der Waals surface area contributed by atoms with Gasteiger partial charge in [-0.3, -0.25) is 0 Å². The number of hydrogen-bond donors (Lipinski definition) is 1. The Kier molecular flexibility index (Phi) is 5.15. The Balaban J connectivity index is 1.95. The van der Waals surface area contributed by atoms with E-state index in [4.69, 9.17) is 5.26 Å². The quantitative estimate of drug-likeness (QED) is 0.892. The first-order valence-corrected chi connectivity index (χ1v) is 8.77. The molecule has 0 aromatic carbocycles. The second-order valence-electron chi connectivity index (χ2n) is 5.15. The molecule has 0 amide bonds. The van der Waals surface area contributed by atoms with Crippen LogP contribution in [0.15, 0.2) is 18.3 Å². The molecule has 6 nitrogen and oxygen atoms in total. The van der Waals surface area contributed by atoms with Crippen molar-refractivity contribution in [3.05, 3.63) is 23.9 Å². The van der Waals surface area contributed by atoms with E-state index in [1.165, 1.54) is 0 Å². The van der Waals surface area contributed by atoms with Crippen LogP contribution in [-0.2, 0) is 10.0 Å². The highest BCUT2D eigenvalue weighted by Crippen LogP contribution is 2.19. The van der Waals surface area contributed by atoms with Crippen LogP contribution in [0.5, 0.6) is 0 Å². The average molecular weight is 308 g/mol. The number of nitrogens with zero attached hydrogens (tertiary/aromatic N) is 3. The maximum Gasteiger partial charge on any atom is 0.214 e. The lowest BCUT2D eigenvalue weighted by atomic mass is 10.1. The molecule has 0 atom stereocenters. The number of hydrogen-bond acceptors (Lipinski definition) is 5. The molecule has 1 N–H and O–H groups in total. The van der Waals surface area contributed by atoms with Crippen molar-refractivity contribution in [2.45, 2.75) is 32.2 Å². The van der Waals surface area contributed by atoms with Crippen LogP contribution in [0.1, 0.15) is 31.7 Å². The fourth-order valence-electron chi connectivity index (χ4n) is 2.47. The van der Waals surface area contributed by atoms with Gasteiger partial charge in [0.25, 0.3) is 0 Å². The van der Waals surface area contributed by atoms with Crippen LogP contribution in [0.25, 0.3) is 0 Å². The zero-order valence-electron chi connectivity index (χ0n) is 12.1. The summed E-state index contributed by atoms with van der Waals surface area (Å²) in [6.45, 7) is 2.92. The Morgan fingerprint density at radius 3 is 2.81 bits per heavy atom. The Hall–Kier alpha value is -1.65. The zero-order valence-corrected chi connectivity index (χ0v) is 12.9. The summed E-state index contributed by atoms with van der Waals surface area (Å²) in [7, 11) is -3.10. The van der Waals surface area contributed by atoms with Crippen molar-refractivity contribution in [2.75, 3.05) is 24.2 Å². The van der Waals surface area contributed by atoms with Crippen molar-refractivity contribution in [2.24, 2.45) is 0 Å². The van der Waals surface area contributed by atoms with Crippen molar-refractivity contribution in [3.8, 4) is 6.07 Å². The lowest BCUT2D eigenvalue weighted by Crippen LogP contribution is -2.43. The normalized spacial score (nSPS) is 17.3. The molecule has 7 heteroatoms. The van der Waals surface area contributed by atoms with Gasteiger partial charge in [0.05, 0.1) is 11.3 Å². The van der Waals surface area contributed by atoms with Gasteiger partial charge < -0.3 is 5.32 Å². The van der Waals surface area contributed by atoms with Crippen LogP contribution >= 0.6 is 0 Å². The van der Waals surface area contributed by atoms with E-state index in [0.29, 0.717) is 30.9 Å². The maximum absolute atomic E-state index is 12.0. The van der Waals surface area contributed by atoms with Gasteiger partial charge in [-0.2, -0.15) is 5.26 Å². The smallest absolute Gasteiger partial charge is 0.214 e. The van der Waals surface area contributed by atoms with Gasteiger partial charge in [0, 0.05) is 25.3 Å². The third-order valence-corrected chi connectivity index (χ3v) is 5.65. The van der Waals surface area contributed by atoms with Crippen molar-refractivity contribution in [1.82, 2.24) is 9.29 Å². The van der Waals surface area contributed by atoms with E-state index in [9.17, 15) is 8.42 Å². The number of rotatable bonds is 5. The topological polar surface area (TPSA) is 86.1 Å². The van der Waals surface area contributed by atoms with Crippen molar-refractivity contribution < 1.29 is 8.42 Å². The molecule has 0 saturated carbocycles. The van der Waals surface area contributed by atoms with E-state index in [2.05, 4.69) is 16.4 Å². The van der Waals surface area contributed by atoms with Crippen LogP contribution in [-0.4, -0.2) is 42.6 Å². The molecule has 1 aromatic rings. The van der Waals surface area contributed by atoms with E-state index >= 15 is 0 Å². The number of piperidine rings is 1. The summed E-state index contributed by atoms with van der Waals surface area (Å²) >= 11 is 0. The van der Waals surface area contributed by atoms with Crippen LogP contribution in [0.3, 0.4) is 0 Å². The van der Waals surface area contributed by atoms with Crippen LogP contribution in [0, 0.1) is 11.3 Å². The minimum absolute atomic E-state index is 0.153. The molecular formula is C14H20N4O2S. The minimum atomic E-state index is -3.10. The highest BCUT2D eigenvalue weighted by molar-refractivity contribution is 7.89. The number of aromatic nitrogens is 1. The predicted octanol–water partition coefficient (Wildman–Crippen LogP) is 1.57. The fourth-order valence-corrected chi connectivity index (χ4v) is 4.01. The summed E-state index contributed by atoms with van der Waals surface area (Å²) in [6.07, 6.45) is 3.73. The summed E-state index contributed by atoms with van der Waals surface area (Å²) in [4.78, 5) is 4.18. The number of nitriles is 1. The maximum atomic E-state index is 12.0. The van der Waals surface area contributed by atoms with E-state index in [-0.39, 0.29) is 11.8 Å². The van der Waals surface area contributed by atoms with Gasteiger partial charge in [-0.15, -0.1) is 0 Å². The van der Waals surface area contributed by atoms with Crippen LogP contribution in [0.2, 0.25) is 0 Å². The molecule has 1 fully saturated rings. The molecule has 1 aromatic heterocycles. The first-order chi connectivity index (χ1) is 10.1. The highest BCUT2D eigenvalue weighted by atomic mass is 32.2. The Bertz CT molecular complexity index is 616. The van der Waals surface area contributed by atoms with Gasteiger partial charge >= 0.3 is 0 Å². The lowest BCUT2D eigenvalue weighted by Gasteiger charge is -2.31. The molecule has 1 aliphatic rings. The van der Waals surface area contributed by atoms with Crippen LogP contribution in [0.4, 0.5) is 5.82 Å². The van der Waals surface area contributed by atoms with Gasteiger partial charge in [-0.05, 0) is 31.4 Å². The second-order valence-corrected chi connectivity index (χ2v) is 7.23. The number of pyridine rings is 1. The standard InChI is InChI=1S/C14H20N4O2S/c1-2-10-21(19,20)18-8-5-13(6-9-18)17-14-12(11-15)4-3-7-16-14/h3-4,7,13H,2,5-6,8-10H2,1H3,(H,16,17). The predicted molar refractivity (Wildman–Crippen MR) is 81.2 cm³/mol. The van der Waals surface area contributed by atoms with Gasteiger partial charge in [0.1, 0.15) is 11.9 Å². The molecule has 2 rings (SSSR count). The molecule has 0 unspecified atom stereocenters. The third-order valence-electron chi connectivity index (χ3n) is 3.58. The molecule has 0 bridgehead atoms. The lowest BCUT2D eigenvalue weighted by molar-refractivity contribution is 0.329. The molecule has 1 saturated heterocycles. The molecular weight excluding hydrogens is 288 g/mol. The second kappa shape index (κ2) is 6.87. The van der Waals surface area contributed by atoms with Gasteiger partial charge in [-0.1, -0.05) is 6.92 Å². The highest BCUT2D eigenvalue weighted by Gasteiger charge is 2.27. The number of sulfonamides is 1. The molecule has 21 heavy (non-hydrogen) atoms. The largest absolute Gasteiger partial charge is 0.366 e. The monoisotopic (exact) mass is 308 g/mol. The molecule has 0 aliphatic carbocycles. The minimum Gasteiger partial charge on any atom is -0.366 e. The van der Waals surface area contributed by atoms with Crippen molar-refractivity contribution >= 4 is 15.8 Å². The summed E-state index contributed by atoms with van der Waals surface area (Å²) in [6, 6.07) is 5.70. The Labute approximate surface area is 125 Å². The number of anilines is 1. The van der Waals surface area contributed by atoms with E-state index in [1.807, 2.05) is 6.92 Å². The van der Waals surface area contributed by atoms with Crippen molar-refractivity contribution in [1.29, 1.82) is 5.26 Å². The number of nitrogens with one attached hydrogen (secondary N) is 1. The third kappa shape index (κ3) is 3.93. The zero-order chi connectivity index (χ0) is 15.3. The first kappa shape index (κ1) is 15.7. The van der Waals surface area contributed by atoms with E-state index < -0.39 is 10.0 Å².